The largest absolute Gasteiger partial charge is 0.454 e. The van der Waals surface area contributed by atoms with E-state index in [9.17, 15) is 4.79 Å². The van der Waals surface area contributed by atoms with Crippen molar-refractivity contribution in [2.45, 2.75) is 13.0 Å². The van der Waals surface area contributed by atoms with Crippen LogP contribution < -0.4 is 14.8 Å². The standard InChI is InChI=1S/C19H17N3O3/c1-12(13-5-3-2-4-6-13)20-19(23)16-10-15(21-22-16)14-7-8-17-18(9-14)25-11-24-17/h2-10,12H,11H2,1H3,(H,20,23)(H,21,22). The van der Waals surface area contributed by atoms with Crippen LogP contribution in [0.2, 0.25) is 0 Å². The fourth-order valence-corrected chi connectivity index (χ4v) is 2.74. The van der Waals surface area contributed by atoms with E-state index < -0.39 is 0 Å². The highest BCUT2D eigenvalue weighted by molar-refractivity contribution is 5.93. The molecular weight excluding hydrogens is 318 g/mol. The van der Waals surface area contributed by atoms with Crippen molar-refractivity contribution >= 4 is 5.91 Å². The van der Waals surface area contributed by atoms with Crippen molar-refractivity contribution in [3.8, 4) is 22.8 Å². The van der Waals surface area contributed by atoms with Gasteiger partial charge in [0.1, 0.15) is 5.69 Å². The molecule has 1 aliphatic rings. The Labute approximate surface area is 144 Å². The van der Waals surface area contributed by atoms with Crippen molar-refractivity contribution in [3.63, 3.8) is 0 Å². The van der Waals surface area contributed by atoms with Gasteiger partial charge in [-0.25, -0.2) is 0 Å². The molecule has 3 aromatic rings. The van der Waals surface area contributed by atoms with Crippen molar-refractivity contribution in [2.24, 2.45) is 0 Å². The number of aromatic amines is 1. The summed E-state index contributed by atoms with van der Waals surface area (Å²) >= 11 is 0. The van der Waals surface area contributed by atoms with Gasteiger partial charge in [-0.3, -0.25) is 9.89 Å². The lowest BCUT2D eigenvalue weighted by atomic mass is 10.1. The van der Waals surface area contributed by atoms with Gasteiger partial charge in [-0.2, -0.15) is 5.10 Å². The molecule has 0 saturated carbocycles. The van der Waals surface area contributed by atoms with Crippen LogP contribution in [-0.2, 0) is 0 Å². The maximum Gasteiger partial charge on any atom is 0.269 e. The molecule has 6 heteroatoms. The van der Waals surface area contributed by atoms with Crippen molar-refractivity contribution < 1.29 is 14.3 Å². The summed E-state index contributed by atoms with van der Waals surface area (Å²) in [4.78, 5) is 12.4. The molecule has 25 heavy (non-hydrogen) atoms. The number of hydrogen-bond acceptors (Lipinski definition) is 4. The molecule has 6 nitrogen and oxygen atoms in total. The van der Waals surface area contributed by atoms with E-state index >= 15 is 0 Å². The normalized spacial score (nSPS) is 13.5. The Hall–Kier alpha value is -3.28. The minimum absolute atomic E-state index is 0.0917. The lowest BCUT2D eigenvalue weighted by molar-refractivity contribution is 0.0935. The summed E-state index contributed by atoms with van der Waals surface area (Å²) in [6.45, 7) is 2.17. The molecule has 1 unspecified atom stereocenters. The van der Waals surface area contributed by atoms with Crippen LogP contribution >= 0.6 is 0 Å². The third kappa shape index (κ3) is 3.06. The number of ether oxygens (including phenoxy) is 2. The molecule has 2 heterocycles. The van der Waals surface area contributed by atoms with E-state index in [4.69, 9.17) is 9.47 Å². The molecule has 1 amide bonds. The smallest absolute Gasteiger partial charge is 0.269 e. The monoisotopic (exact) mass is 335 g/mol. The number of fused-ring (bicyclic) bond motifs is 1. The Kier molecular flexibility index (Phi) is 3.85. The van der Waals surface area contributed by atoms with Gasteiger partial charge in [0.05, 0.1) is 11.7 Å². The second-order valence-electron chi connectivity index (χ2n) is 5.84. The highest BCUT2D eigenvalue weighted by Crippen LogP contribution is 2.35. The first kappa shape index (κ1) is 15.3. The van der Waals surface area contributed by atoms with Gasteiger partial charge in [0.2, 0.25) is 6.79 Å². The number of amides is 1. The van der Waals surface area contributed by atoms with Crippen LogP contribution in [0.15, 0.2) is 54.6 Å². The van der Waals surface area contributed by atoms with Gasteiger partial charge in [0.25, 0.3) is 5.91 Å². The van der Waals surface area contributed by atoms with Crippen LogP contribution in [0.4, 0.5) is 0 Å². The van der Waals surface area contributed by atoms with Crippen LogP contribution in [0.25, 0.3) is 11.3 Å². The average Bonchev–Trinajstić information content (AvgIpc) is 3.31. The topological polar surface area (TPSA) is 76.2 Å². The van der Waals surface area contributed by atoms with Crippen LogP contribution in [-0.4, -0.2) is 22.9 Å². The maximum atomic E-state index is 12.4. The Bertz CT molecular complexity index is 905. The molecule has 126 valence electrons. The van der Waals surface area contributed by atoms with Crippen LogP contribution in [0.5, 0.6) is 11.5 Å². The summed E-state index contributed by atoms with van der Waals surface area (Å²) in [5, 5.41) is 9.99. The van der Waals surface area contributed by atoms with Crippen molar-refractivity contribution in [3.05, 3.63) is 65.9 Å². The third-order valence-electron chi connectivity index (χ3n) is 4.14. The van der Waals surface area contributed by atoms with E-state index in [1.54, 1.807) is 6.07 Å². The van der Waals surface area contributed by atoms with E-state index in [-0.39, 0.29) is 18.7 Å². The zero-order valence-corrected chi connectivity index (χ0v) is 13.7. The zero-order valence-electron chi connectivity index (χ0n) is 13.7. The number of rotatable bonds is 4. The minimum Gasteiger partial charge on any atom is -0.454 e. The first-order chi connectivity index (χ1) is 12.2. The summed E-state index contributed by atoms with van der Waals surface area (Å²) in [5.41, 5.74) is 2.99. The van der Waals surface area contributed by atoms with E-state index in [1.165, 1.54) is 0 Å². The number of nitrogens with zero attached hydrogens (tertiary/aromatic N) is 1. The van der Waals surface area contributed by atoms with Gasteiger partial charge in [0, 0.05) is 5.56 Å². The van der Waals surface area contributed by atoms with Crippen LogP contribution in [0.3, 0.4) is 0 Å². The van der Waals surface area contributed by atoms with E-state index in [0.717, 1.165) is 11.1 Å². The second kappa shape index (κ2) is 6.32. The molecule has 4 rings (SSSR count). The lowest BCUT2D eigenvalue weighted by Gasteiger charge is -2.13. The van der Waals surface area contributed by atoms with E-state index in [1.807, 2.05) is 55.5 Å². The quantitative estimate of drug-likeness (QED) is 0.767. The first-order valence-corrected chi connectivity index (χ1v) is 8.02. The Morgan fingerprint density at radius 2 is 1.92 bits per heavy atom. The molecule has 0 radical (unpaired) electrons. The van der Waals surface area contributed by atoms with Gasteiger partial charge in [0.15, 0.2) is 11.5 Å². The van der Waals surface area contributed by atoms with Crippen molar-refractivity contribution in [1.82, 2.24) is 15.5 Å². The lowest BCUT2D eigenvalue weighted by Crippen LogP contribution is -2.26. The molecule has 2 aromatic carbocycles. The van der Waals surface area contributed by atoms with Crippen molar-refractivity contribution in [2.75, 3.05) is 6.79 Å². The molecule has 1 atom stereocenters. The van der Waals surface area contributed by atoms with Crippen molar-refractivity contribution in [1.29, 1.82) is 0 Å². The number of carbonyl (C=O) groups excluding carboxylic acids is 1. The number of carbonyl (C=O) groups is 1. The zero-order chi connectivity index (χ0) is 17.2. The Morgan fingerprint density at radius 3 is 2.76 bits per heavy atom. The molecule has 0 spiro atoms. The number of nitrogens with one attached hydrogen (secondary N) is 2. The molecule has 1 aliphatic heterocycles. The van der Waals surface area contributed by atoms with E-state index in [2.05, 4.69) is 15.5 Å². The van der Waals surface area contributed by atoms with E-state index in [0.29, 0.717) is 22.9 Å². The third-order valence-corrected chi connectivity index (χ3v) is 4.14. The molecule has 2 N–H and O–H groups in total. The summed E-state index contributed by atoms with van der Waals surface area (Å²) in [5.74, 6) is 1.20. The molecule has 0 aliphatic carbocycles. The van der Waals surface area contributed by atoms with Gasteiger partial charge in [-0.1, -0.05) is 30.3 Å². The predicted molar refractivity (Wildman–Crippen MR) is 92.5 cm³/mol. The molecule has 1 aromatic heterocycles. The van der Waals surface area contributed by atoms with Crippen LogP contribution in [0, 0.1) is 0 Å². The van der Waals surface area contributed by atoms with Gasteiger partial charge < -0.3 is 14.8 Å². The summed E-state index contributed by atoms with van der Waals surface area (Å²) in [6.07, 6.45) is 0. The Balaban J connectivity index is 1.50. The number of H-pyrrole nitrogens is 1. The molecule has 0 fully saturated rings. The predicted octanol–water partition coefficient (Wildman–Crippen LogP) is 3.30. The SMILES string of the molecule is CC(NC(=O)c1cc(-c2ccc3c(c2)OCO3)n[nH]1)c1ccccc1. The van der Waals surface area contributed by atoms with Crippen LogP contribution in [0.1, 0.15) is 29.0 Å². The van der Waals surface area contributed by atoms with Gasteiger partial charge >= 0.3 is 0 Å². The first-order valence-electron chi connectivity index (χ1n) is 8.02. The number of hydrogen-bond donors (Lipinski definition) is 2. The highest BCUT2D eigenvalue weighted by Gasteiger charge is 2.17. The summed E-state index contributed by atoms with van der Waals surface area (Å²) in [7, 11) is 0. The molecule has 0 bridgehead atoms. The minimum atomic E-state index is -0.198. The van der Waals surface area contributed by atoms with Gasteiger partial charge in [-0.05, 0) is 36.8 Å². The molecular formula is C19H17N3O3. The average molecular weight is 335 g/mol. The maximum absolute atomic E-state index is 12.4. The molecule has 0 saturated heterocycles. The fraction of sp³-hybridized carbons (Fsp3) is 0.158. The summed E-state index contributed by atoms with van der Waals surface area (Å²) < 4.78 is 10.7. The second-order valence-corrected chi connectivity index (χ2v) is 5.84. The fourth-order valence-electron chi connectivity index (χ4n) is 2.74. The van der Waals surface area contributed by atoms with Gasteiger partial charge in [-0.15, -0.1) is 0 Å². The Morgan fingerprint density at radius 1 is 1.12 bits per heavy atom. The number of benzene rings is 2. The summed E-state index contributed by atoms with van der Waals surface area (Å²) in [6, 6.07) is 17.0. The highest BCUT2D eigenvalue weighted by atomic mass is 16.7. The number of aromatic nitrogens is 2.